The smallest absolute Gasteiger partial charge is 0.326 e. The molecule has 1 unspecified atom stereocenters. The number of hydrogen-bond acceptors (Lipinski definition) is 3. The van der Waals surface area contributed by atoms with Gasteiger partial charge < -0.3 is 10.4 Å². The lowest BCUT2D eigenvalue weighted by atomic mass is 10.2. The Kier molecular flexibility index (Phi) is 4.37. The summed E-state index contributed by atoms with van der Waals surface area (Å²) in [4.78, 5) is 14.8. The molecule has 1 atom stereocenters. The van der Waals surface area contributed by atoms with Gasteiger partial charge in [0, 0.05) is 6.20 Å². The van der Waals surface area contributed by atoms with Gasteiger partial charge in [-0.1, -0.05) is 24.9 Å². The fourth-order valence-electron chi connectivity index (χ4n) is 1.19. The second-order valence-corrected chi connectivity index (χ2v) is 3.62. The van der Waals surface area contributed by atoms with Gasteiger partial charge in [0.1, 0.15) is 11.9 Å². The third-order valence-corrected chi connectivity index (χ3v) is 2.15. The van der Waals surface area contributed by atoms with Gasteiger partial charge >= 0.3 is 5.97 Å². The minimum atomic E-state index is -0.867. The average molecular weight is 229 g/mol. The van der Waals surface area contributed by atoms with Gasteiger partial charge in [0.25, 0.3) is 0 Å². The molecular formula is C10H13ClN2O2. The second-order valence-electron chi connectivity index (χ2n) is 3.19. The molecule has 1 rings (SSSR count). The van der Waals surface area contributed by atoms with Crippen molar-refractivity contribution in [2.24, 2.45) is 0 Å². The van der Waals surface area contributed by atoms with Crippen LogP contribution in [0.15, 0.2) is 18.3 Å². The molecule has 0 amide bonds. The van der Waals surface area contributed by atoms with Gasteiger partial charge in [-0.2, -0.15) is 0 Å². The van der Waals surface area contributed by atoms with Gasteiger partial charge in [-0.25, -0.2) is 9.78 Å². The molecule has 82 valence electrons. The van der Waals surface area contributed by atoms with Crippen molar-refractivity contribution in [2.75, 3.05) is 5.32 Å². The van der Waals surface area contributed by atoms with E-state index in [1.807, 2.05) is 6.92 Å². The molecule has 0 fully saturated rings. The quantitative estimate of drug-likeness (QED) is 0.813. The standard InChI is InChI=1S/C10H13ClN2O2/c1-2-3-8(10(14)15)13-9-5-4-7(11)6-12-9/h4-6,8H,2-3H2,1H3,(H,12,13)(H,14,15). The Morgan fingerprint density at radius 2 is 2.40 bits per heavy atom. The summed E-state index contributed by atoms with van der Waals surface area (Å²) >= 11 is 5.67. The predicted octanol–water partition coefficient (Wildman–Crippen LogP) is 2.40. The Morgan fingerprint density at radius 1 is 1.67 bits per heavy atom. The van der Waals surface area contributed by atoms with Crippen LogP contribution in [0.1, 0.15) is 19.8 Å². The number of aromatic nitrogens is 1. The zero-order valence-electron chi connectivity index (χ0n) is 8.40. The molecule has 0 bridgehead atoms. The monoisotopic (exact) mass is 228 g/mol. The first kappa shape index (κ1) is 11.8. The third-order valence-electron chi connectivity index (χ3n) is 1.92. The van der Waals surface area contributed by atoms with Gasteiger partial charge in [0.2, 0.25) is 0 Å². The highest BCUT2D eigenvalue weighted by Gasteiger charge is 2.15. The van der Waals surface area contributed by atoms with Crippen LogP contribution in [0.4, 0.5) is 5.82 Å². The van der Waals surface area contributed by atoms with E-state index < -0.39 is 12.0 Å². The average Bonchev–Trinajstić information content (AvgIpc) is 2.20. The van der Waals surface area contributed by atoms with E-state index in [0.29, 0.717) is 17.3 Å². The van der Waals surface area contributed by atoms with Crippen molar-refractivity contribution in [3.8, 4) is 0 Å². The number of rotatable bonds is 5. The van der Waals surface area contributed by atoms with Crippen molar-refractivity contribution >= 4 is 23.4 Å². The predicted molar refractivity (Wildman–Crippen MR) is 59.2 cm³/mol. The highest BCUT2D eigenvalue weighted by atomic mass is 35.5. The molecule has 0 aliphatic carbocycles. The normalized spacial score (nSPS) is 12.1. The summed E-state index contributed by atoms with van der Waals surface area (Å²) < 4.78 is 0. The molecular weight excluding hydrogens is 216 g/mol. The SMILES string of the molecule is CCCC(Nc1ccc(Cl)cn1)C(=O)O. The maximum absolute atomic E-state index is 10.8. The first-order chi connectivity index (χ1) is 7.13. The highest BCUT2D eigenvalue weighted by Crippen LogP contribution is 2.12. The largest absolute Gasteiger partial charge is 0.480 e. The third kappa shape index (κ3) is 3.75. The zero-order valence-corrected chi connectivity index (χ0v) is 9.16. The molecule has 0 aliphatic rings. The number of halogens is 1. The molecule has 1 aromatic rings. The summed E-state index contributed by atoms with van der Waals surface area (Å²) in [6.07, 6.45) is 2.85. The Bertz CT molecular complexity index is 327. The summed E-state index contributed by atoms with van der Waals surface area (Å²) in [7, 11) is 0. The lowest BCUT2D eigenvalue weighted by Crippen LogP contribution is -2.29. The van der Waals surface area contributed by atoms with Crippen LogP contribution < -0.4 is 5.32 Å². The molecule has 0 saturated carbocycles. The van der Waals surface area contributed by atoms with Crippen molar-refractivity contribution in [1.29, 1.82) is 0 Å². The van der Waals surface area contributed by atoms with Crippen LogP contribution >= 0.6 is 11.6 Å². The van der Waals surface area contributed by atoms with Crippen LogP contribution in [0.2, 0.25) is 5.02 Å². The van der Waals surface area contributed by atoms with Gasteiger partial charge in [0.15, 0.2) is 0 Å². The van der Waals surface area contributed by atoms with Gasteiger partial charge in [-0.15, -0.1) is 0 Å². The van der Waals surface area contributed by atoms with Crippen LogP contribution in [0.3, 0.4) is 0 Å². The number of pyridine rings is 1. The fourth-order valence-corrected chi connectivity index (χ4v) is 1.30. The maximum atomic E-state index is 10.8. The number of nitrogens with one attached hydrogen (secondary N) is 1. The molecule has 0 aromatic carbocycles. The molecule has 2 N–H and O–H groups in total. The first-order valence-electron chi connectivity index (χ1n) is 4.74. The topological polar surface area (TPSA) is 62.2 Å². The summed E-state index contributed by atoms with van der Waals surface area (Å²) in [5, 5.41) is 12.3. The van der Waals surface area contributed by atoms with Crippen LogP contribution in [-0.2, 0) is 4.79 Å². The lowest BCUT2D eigenvalue weighted by molar-refractivity contribution is -0.138. The lowest BCUT2D eigenvalue weighted by Gasteiger charge is -2.13. The van der Waals surface area contributed by atoms with E-state index in [0.717, 1.165) is 6.42 Å². The van der Waals surface area contributed by atoms with E-state index in [2.05, 4.69) is 10.3 Å². The highest BCUT2D eigenvalue weighted by molar-refractivity contribution is 6.30. The van der Waals surface area contributed by atoms with E-state index in [4.69, 9.17) is 16.7 Å². The first-order valence-corrected chi connectivity index (χ1v) is 5.12. The molecule has 0 aliphatic heterocycles. The Balaban J connectivity index is 2.65. The van der Waals surface area contributed by atoms with E-state index in [-0.39, 0.29) is 0 Å². The van der Waals surface area contributed by atoms with Gasteiger partial charge in [-0.05, 0) is 18.6 Å². The number of nitrogens with zero attached hydrogens (tertiary/aromatic N) is 1. The molecule has 4 nitrogen and oxygen atoms in total. The number of anilines is 1. The van der Waals surface area contributed by atoms with Crippen molar-refractivity contribution < 1.29 is 9.90 Å². The summed E-state index contributed by atoms with van der Waals surface area (Å²) in [5.74, 6) is -0.339. The van der Waals surface area contributed by atoms with Crippen LogP contribution in [0.25, 0.3) is 0 Å². The number of carboxylic acid groups (broad SMARTS) is 1. The van der Waals surface area contributed by atoms with Crippen LogP contribution in [0.5, 0.6) is 0 Å². The van der Waals surface area contributed by atoms with Crippen molar-refractivity contribution in [2.45, 2.75) is 25.8 Å². The van der Waals surface area contributed by atoms with Crippen molar-refractivity contribution in [3.05, 3.63) is 23.4 Å². The number of aliphatic carboxylic acids is 1. The molecule has 1 aromatic heterocycles. The number of carbonyl (C=O) groups is 1. The molecule has 0 spiro atoms. The van der Waals surface area contributed by atoms with Crippen LogP contribution in [0, 0.1) is 0 Å². The van der Waals surface area contributed by atoms with Crippen molar-refractivity contribution in [1.82, 2.24) is 4.98 Å². The summed E-state index contributed by atoms with van der Waals surface area (Å²) in [6.45, 7) is 1.94. The van der Waals surface area contributed by atoms with E-state index in [1.54, 1.807) is 12.1 Å². The fraction of sp³-hybridized carbons (Fsp3) is 0.400. The molecule has 1 heterocycles. The van der Waals surface area contributed by atoms with Crippen molar-refractivity contribution in [3.63, 3.8) is 0 Å². The molecule has 0 saturated heterocycles. The Labute approximate surface area is 93.3 Å². The summed E-state index contributed by atoms with van der Waals surface area (Å²) in [5.41, 5.74) is 0. The minimum absolute atomic E-state index is 0.528. The summed E-state index contributed by atoms with van der Waals surface area (Å²) in [6, 6.07) is 2.74. The Hall–Kier alpha value is -1.29. The molecule has 15 heavy (non-hydrogen) atoms. The van der Waals surface area contributed by atoms with Gasteiger partial charge in [-0.3, -0.25) is 0 Å². The van der Waals surface area contributed by atoms with E-state index in [9.17, 15) is 4.79 Å². The Morgan fingerprint density at radius 3 is 2.87 bits per heavy atom. The number of hydrogen-bond donors (Lipinski definition) is 2. The second kappa shape index (κ2) is 5.56. The minimum Gasteiger partial charge on any atom is -0.480 e. The molecule has 0 radical (unpaired) electrons. The van der Waals surface area contributed by atoms with Crippen LogP contribution in [-0.4, -0.2) is 22.1 Å². The zero-order chi connectivity index (χ0) is 11.3. The van der Waals surface area contributed by atoms with E-state index >= 15 is 0 Å². The van der Waals surface area contributed by atoms with E-state index in [1.165, 1.54) is 6.20 Å². The molecule has 5 heteroatoms. The maximum Gasteiger partial charge on any atom is 0.326 e. The number of carboxylic acids is 1. The van der Waals surface area contributed by atoms with Gasteiger partial charge in [0.05, 0.1) is 5.02 Å².